The lowest BCUT2D eigenvalue weighted by molar-refractivity contribution is 0.0717. The Labute approximate surface area is 175 Å². The maximum Gasteiger partial charge on any atom is 0.273 e. The number of carbonyl (C=O) groups is 1. The summed E-state index contributed by atoms with van der Waals surface area (Å²) in [5, 5.41) is 7.52. The highest BCUT2D eigenvalue weighted by molar-refractivity contribution is 6.00. The van der Waals surface area contributed by atoms with Gasteiger partial charge in [0, 0.05) is 11.1 Å². The molecule has 0 spiro atoms. The predicted octanol–water partition coefficient (Wildman–Crippen LogP) is 5.54. The van der Waals surface area contributed by atoms with Gasteiger partial charge in [0.1, 0.15) is 11.5 Å². The molecule has 5 rings (SSSR count). The van der Waals surface area contributed by atoms with Crippen LogP contribution < -0.4 is 0 Å². The fraction of sp³-hybridized carbons (Fsp3) is 0.200. The lowest BCUT2D eigenvalue weighted by Crippen LogP contribution is -2.29. The van der Waals surface area contributed by atoms with Crippen molar-refractivity contribution in [1.29, 1.82) is 0 Å². The topological polar surface area (TPSA) is 62.1 Å². The number of carbonyl (C=O) groups excluding carboxylic acids is 1. The van der Waals surface area contributed by atoms with Crippen molar-refractivity contribution in [3.8, 4) is 11.3 Å². The maximum atomic E-state index is 13.3. The predicted molar refractivity (Wildman–Crippen MR) is 115 cm³/mol. The summed E-state index contributed by atoms with van der Waals surface area (Å²) >= 11 is 0. The number of fused-ring (bicyclic) bond motifs is 1. The zero-order valence-corrected chi connectivity index (χ0v) is 17.0. The summed E-state index contributed by atoms with van der Waals surface area (Å²) in [6.45, 7) is 4.76. The molecule has 30 heavy (non-hydrogen) atoms. The summed E-state index contributed by atoms with van der Waals surface area (Å²) < 4.78 is 5.55. The highest BCUT2D eigenvalue weighted by Crippen LogP contribution is 2.43. The number of aromatic nitrogens is 2. The van der Waals surface area contributed by atoms with Crippen LogP contribution in [0.25, 0.3) is 11.3 Å². The van der Waals surface area contributed by atoms with E-state index in [-0.39, 0.29) is 11.9 Å². The average molecular weight is 397 g/mol. The molecule has 1 amide bonds. The van der Waals surface area contributed by atoms with Crippen molar-refractivity contribution in [3.05, 3.63) is 101 Å². The van der Waals surface area contributed by atoms with E-state index in [1.807, 2.05) is 47.4 Å². The third kappa shape index (κ3) is 3.03. The van der Waals surface area contributed by atoms with E-state index in [2.05, 4.69) is 48.3 Å². The van der Waals surface area contributed by atoms with Crippen molar-refractivity contribution in [2.45, 2.75) is 32.4 Å². The van der Waals surface area contributed by atoms with E-state index >= 15 is 0 Å². The molecule has 0 bridgehead atoms. The van der Waals surface area contributed by atoms with Crippen molar-refractivity contribution >= 4 is 5.91 Å². The largest absolute Gasteiger partial charge is 0.467 e. The number of hydrogen-bond acceptors (Lipinski definition) is 3. The van der Waals surface area contributed by atoms with Gasteiger partial charge < -0.3 is 9.32 Å². The van der Waals surface area contributed by atoms with Gasteiger partial charge in [0.25, 0.3) is 5.91 Å². The summed E-state index contributed by atoms with van der Waals surface area (Å²) in [5.41, 5.74) is 5.63. The molecule has 3 heterocycles. The number of H-pyrrole nitrogens is 1. The second-order valence-corrected chi connectivity index (χ2v) is 7.96. The van der Waals surface area contributed by atoms with Gasteiger partial charge in [-0.15, -0.1) is 0 Å². The molecule has 0 saturated carbocycles. The van der Waals surface area contributed by atoms with Crippen LogP contribution in [-0.4, -0.2) is 21.0 Å². The summed E-state index contributed by atoms with van der Waals surface area (Å²) in [6, 6.07) is 22.1. The number of nitrogens with zero attached hydrogens (tertiary/aromatic N) is 2. The van der Waals surface area contributed by atoms with Crippen molar-refractivity contribution in [2.24, 2.45) is 0 Å². The molecule has 5 nitrogen and oxygen atoms in total. The Hall–Kier alpha value is -3.60. The Morgan fingerprint density at radius 3 is 2.47 bits per heavy atom. The van der Waals surface area contributed by atoms with E-state index in [9.17, 15) is 4.79 Å². The molecular formula is C25H23N3O2. The second kappa shape index (κ2) is 7.34. The number of rotatable bonds is 5. The fourth-order valence-corrected chi connectivity index (χ4v) is 4.16. The first kappa shape index (κ1) is 18.4. The van der Waals surface area contributed by atoms with E-state index in [0.717, 1.165) is 28.1 Å². The number of nitrogens with one attached hydrogen (secondary N) is 1. The SMILES string of the molecule is CC(C)c1ccc(C2c3c(-c4ccccc4)n[nH]c3C(=O)N2Cc2ccco2)cc1. The van der Waals surface area contributed by atoms with Crippen LogP contribution in [-0.2, 0) is 6.54 Å². The standard InChI is InChI=1S/C25H23N3O2/c1-16(2)17-10-12-19(13-11-17)24-21-22(18-7-4-3-5-8-18)26-27-23(21)25(29)28(24)15-20-9-6-14-30-20/h3-14,16,24H,15H2,1-2H3,(H,26,27). The molecule has 0 saturated heterocycles. The Kier molecular flexibility index (Phi) is 4.51. The van der Waals surface area contributed by atoms with E-state index in [1.165, 1.54) is 5.56 Å². The molecule has 4 aromatic rings. The van der Waals surface area contributed by atoms with E-state index in [4.69, 9.17) is 4.42 Å². The van der Waals surface area contributed by atoms with Gasteiger partial charge in [0.05, 0.1) is 24.5 Å². The van der Waals surface area contributed by atoms with Gasteiger partial charge >= 0.3 is 0 Å². The molecule has 0 radical (unpaired) electrons. The molecule has 2 aromatic heterocycles. The van der Waals surface area contributed by atoms with Gasteiger partial charge in [-0.05, 0) is 29.2 Å². The van der Waals surface area contributed by atoms with Crippen LogP contribution in [0, 0.1) is 0 Å². The molecule has 1 aliphatic heterocycles. The molecule has 1 aliphatic rings. The number of hydrogen-bond donors (Lipinski definition) is 1. The number of amides is 1. The lowest BCUT2D eigenvalue weighted by Gasteiger charge is -2.26. The van der Waals surface area contributed by atoms with E-state index in [1.54, 1.807) is 6.26 Å². The molecule has 0 aliphatic carbocycles. The quantitative estimate of drug-likeness (QED) is 0.481. The van der Waals surface area contributed by atoms with E-state index < -0.39 is 0 Å². The number of benzene rings is 2. The van der Waals surface area contributed by atoms with Crippen LogP contribution >= 0.6 is 0 Å². The second-order valence-electron chi connectivity index (χ2n) is 7.96. The normalized spacial score (nSPS) is 15.8. The molecule has 2 aromatic carbocycles. The summed E-state index contributed by atoms with van der Waals surface area (Å²) in [4.78, 5) is 15.2. The monoisotopic (exact) mass is 397 g/mol. The summed E-state index contributed by atoms with van der Waals surface area (Å²) in [7, 11) is 0. The number of furan rings is 1. The van der Waals surface area contributed by atoms with Crippen molar-refractivity contribution in [2.75, 3.05) is 0 Å². The minimum Gasteiger partial charge on any atom is -0.467 e. The minimum absolute atomic E-state index is 0.0611. The number of aromatic amines is 1. The van der Waals surface area contributed by atoms with Crippen LogP contribution in [0.2, 0.25) is 0 Å². The Bertz CT molecular complexity index is 1160. The highest BCUT2D eigenvalue weighted by Gasteiger charge is 2.42. The highest BCUT2D eigenvalue weighted by atomic mass is 16.3. The van der Waals surface area contributed by atoms with Crippen molar-refractivity contribution < 1.29 is 9.21 Å². The molecular weight excluding hydrogens is 374 g/mol. The van der Waals surface area contributed by atoms with Crippen molar-refractivity contribution in [1.82, 2.24) is 15.1 Å². The molecule has 1 unspecified atom stereocenters. The molecule has 0 fully saturated rings. The van der Waals surface area contributed by atoms with Crippen LogP contribution in [0.5, 0.6) is 0 Å². The average Bonchev–Trinajstić information content (AvgIpc) is 3.49. The molecule has 5 heteroatoms. The van der Waals surface area contributed by atoms with Crippen LogP contribution in [0.3, 0.4) is 0 Å². The van der Waals surface area contributed by atoms with E-state index in [0.29, 0.717) is 18.2 Å². The van der Waals surface area contributed by atoms with Crippen LogP contribution in [0.4, 0.5) is 0 Å². The van der Waals surface area contributed by atoms with Crippen LogP contribution in [0.15, 0.2) is 77.4 Å². The van der Waals surface area contributed by atoms with Gasteiger partial charge in [0.15, 0.2) is 0 Å². The van der Waals surface area contributed by atoms with Gasteiger partial charge in [-0.2, -0.15) is 5.10 Å². The summed E-state index contributed by atoms with van der Waals surface area (Å²) in [5.74, 6) is 1.15. The first-order chi connectivity index (χ1) is 14.6. The lowest BCUT2D eigenvalue weighted by atomic mass is 9.94. The minimum atomic E-state index is -0.229. The molecule has 150 valence electrons. The molecule has 1 atom stereocenters. The van der Waals surface area contributed by atoms with Gasteiger partial charge in [-0.1, -0.05) is 68.4 Å². The Morgan fingerprint density at radius 2 is 1.80 bits per heavy atom. The summed E-state index contributed by atoms with van der Waals surface area (Å²) in [6.07, 6.45) is 1.64. The van der Waals surface area contributed by atoms with Gasteiger partial charge in [-0.3, -0.25) is 9.89 Å². The third-order valence-corrected chi connectivity index (χ3v) is 5.74. The maximum absolute atomic E-state index is 13.3. The fourth-order valence-electron chi connectivity index (χ4n) is 4.16. The smallest absolute Gasteiger partial charge is 0.273 e. The van der Waals surface area contributed by atoms with Gasteiger partial charge in [0.2, 0.25) is 0 Å². The Balaban J connectivity index is 1.64. The first-order valence-corrected chi connectivity index (χ1v) is 10.2. The first-order valence-electron chi connectivity index (χ1n) is 10.2. The zero-order valence-electron chi connectivity index (χ0n) is 17.0. The zero-order chi connectivity index (χ0) is 20.7. The van der Waals surface area contributed by atoms with Crippen molar-refractivity contribution in [3.63, 3.8) is 0 Å². The Morgan fingerprint density at radius 1 is 1.03 bits per heavy atom. The molecule has 1 N–H and O–H groups in total. The third-order valence-electron chi connectivity index (χ3n) is 5.74. The van der Waals surface area contributed by atoms with Crippen LogP contribution in [0.1, 0.15) is 58.7 Å². The van der Waals surface area contributed by atoms with Gasteiger partial charge in [-0.25, -0.2) is 0 Å².